The number of halogens is 4. The van der Waals surface area contributed by atoms with Crippen molar-refractivity contribution in [2.45, 2.75) is 11.1 Å². The van der Waals surface area contributed by atoms with Crippen molar-refractivity contribution in [3.05, 3.63) is 59.2 Å². The Bertz CT molecular complexity index is 1360. The van der Waals surface area contributed by atoms with E-state index in [1.54, 1.807) is 25.2 Å². The minimum atomic E-state index is -4.63. The molecule has 0 atom stereocenters. The number of benzene rings is 1. The maximum atomic E-state index is 12.9. The van der Waals surface area contributed by atoms with Crippen LogP contribution in [0.1, 0.15) is 5.69 Å². The number of alkyl halides is 3. The maximum absolute atomic E-state index is 12.9. The Morgan fingerprint density at radius 3 is 2.70 bits per heavy atom. The molecule has 156 valence electrons. The fourth-order valence-corrected chi connectivity index (χ4v) is 4.44. The van der Waals surface area contributed by atoms with Crippen molar-refractivity contribution in [1.82, 2.24) is 24.5 Å². The summed E-state index contributed by atoms with van der Waals surface area (Å²) in [6.45, 7) is 0. The molecular weight excluding hydrogens is 489 g/mol. The Balaban J connectivity index is 1.69. The number of hydrogen-bond acceptors (Lipinski definition) is 5. The molecular formula is C17H12BrF3N6O2S. The van der Waals surface area contributed by atoms with Crippen molar-refractivity contribution in [3.8, 4) is 5.69 Å². The number of nitrogens with one attached hydrogen (secondary N) is 1. The Morgan fingerprint density at radius 2 is 1.97 bits per heavy atom. The lowest BCUT2D eigenvalue weighted by atomic mass is 10.2. The van der Waals surface area contributed by atoms with E-state index in [9.17, 15) is 21.6 Å². The number of hydrogen-bond donors (Lipinski definition) is 1. The molecule has 0 bridgehead atoms. The molecule has 30 heavy (non-hydrogen) atoms. The van der Waals surface area contributed by atoms with Gasteiger partial charge in [-0.3, -0.25) is 14.4 Å². The van der Waals surface area contributed by atoms with Gasteiger partial charge in [-0.25, -0.2) is 13.1 Å². The summed E-state index contributed by atoms with van der Waals surface area (Å²) < 4.78 is 69.9. The van der Waals surface area contributed by atoms with Crippen LogP contribution in [0.5, 0.6) is 0 Å². The van der Waals surface area contributed by atoms with E-state index in [2.05, 4.69) is 35.8 Å². The number of nitrogens with zero attached hydrogens (tertiary/aromatic N) is 5. The molecule has 0 saturated heterocycles. The maximum Gasteiger partial charge on any atom is 0.433 e. The molecule has 0 aliphatic carbocycles. The van der Waals surface area contributed by atoms with Crippen molar-refractivity contribution in [1.29, 1.82) is 0 Å². The summed E-state index contributed by atoms with van der Waals surface area (Å²) in [6, 6.07) is 7.11. The summed E-state index contributed by atoms with van der Waals surface area (Å²) in [5.74, 6) is 0. The second-order valence-corrected chi connectivity index (χ2v) is 8.67. The lowest BCUT2D eigenvalue weighted by Crippen LogP contribution is -2.13. The summed E-state index contributed by atoms with van der Waals surface area (Å²) in [6.07, 6.45) is -1.48. The Morgan fingerprint density at radius 1 is 1.20 bits per heavy atom. The molecule has 0 unspecified atom stereocenters. The number of para-hydroxylation sites is 1. The fourth-order valence-electron chi connectivity index (χ4n) is 2.88. The lowest BCUT2D eigenvalue weighted by molar-refractivity contribution is -0.141. The van der Waals surface area contributed by atoms with Crippen LogP contribution < -0.4 is 4.72 Å². The minimum absolute atomic E-state index is 0.0245. The van der Waals surface area contributed by atoms with Gasteiger partial charge in [0.1, 0.15) is 15.2 Å². The van der Waals surface area contributed by atoms with E-state index < -0.39 is 21.9 Å². The number of aromatic nitrogens is 5. The largest absolute Gasteiger partial charge is 0.433 e. The monoisotopic (exact) mass is 500 g/mol. The number of sulfonamides is 1. The molecule has 0 radical (unpaired) electrons. The van der Waals surface area contributed by atoms with Gasteiger partial charge in [0, 0.05) is 18.6 Å². The normalized spacial score (nSPS) is 12.4. The summed E-state index contributed by atoms with van der Waals surface area (Å²) >= 11 is 3.32. The number of fused-ring (bicyclic) bond motifs is 1. The quantitative estimate of drug-likeness (QED) is 0.460. The molecule has 0 aliphatic rings. The number of pyridine rings is 1. The molecule has 0 saturated carbocycles. The van der Waals surface area contributed by atoms with Crippen LogP contribution in [0.25, 0.3) is 16.6 Å². The highest BCUT2D eigenvalue weighted by Gasteiger charge is 2.32. The van der Waals surface area contributed by atoms with E-state index in [-0.39, 0.29) is 10.6 Å². The topological polar surface area (TPSA) is 94.7 Å². The number of aryl methyl sites for hydroxylation is 1. The molecule has 8 nitrogen and oxygen atoms in total. The Hall–Kier alpha value is -2.93. The highest BCUT2D eigenvalue weighted by Crippen LogP contribution is 2.31. The van der Waals surface area contributed by atoms with Gasteiger partial charge in [0.15, 0.2) is 0 Å². The molecule has 0 fully saturated rings. The summed E-state index contributed by atoms with van der Waals surface area (Å²) in [5.41, 5.74) is -0.226. The third kappa shape index (κ3) is 3.65. The van der Waals surface area contributed by atoms with E-state index in [4.69, 9.17) is 0 Å². The molecule has 1 N–H and O–H groups in total. The van der Waals surface area contributed by atoms with Crippen molar-refractivity contribution < 1.29 is 21.6 Å². The SMILES string of the molecule is Cn1nc(Br)c2cccc(NS(=O)(=O)c3cnn(-c4ccnc(C(F)(F)F)c4)c3)c21. The van der Waals surface area contributed by atoms with Gasteiger partial charge < -0.3 is 0 Å². The second kappa shape index (κ2) is 7.09. The van der Waals surface area contributed by atoms with Crippen LogP contribution in [0.15, 0.2) is 58.4 Å². The lowest BCUT2D eigenvalue weighted by Gasteiger charge is -2.09. The van der Waals surface area contributed by atoms with Crippen LogP contribution in [0.2, 0.25) is 0 Å². The molecule has 13 heteroatoms. The summed E-state index contributed by atoms with van der Waals surface area (Å²) in [5, 5.41) is 8.80. The standard InChI is InChI=1S/C17H12BrF3N6O2S/c1-26-15-12(16(18)24-26)3-2-4-13(15)25-30(28,29)11-8-23-27(9-11)10-5-6-22-14(7-10)17(19,20)21/h2-9,25H,1H3. The second-order valence-electron chi connectivity index (χ2n) is 6.24. The van der Waals surface area contributed by atoms with Gasteiger partial charge in [-0.05, 0) is 40.2 Å². The van der Waals surface area contributed by atoms with E-state index in [0.29, 0.717) is 21.2 Å². The zero-order valence-electron chi connectivity index (χ0n) is 15.1. The van der Waals surface area contributed by atoms with Crippen LogP contribution in [0.4, 0.5) is 18.9 Å². The first-order chi connectivity index (χ1) is 14.1. The van der Waals surface area contributed by atoms with E-state index in [1.807, 2.05) is 0 Å². The summed E-state index contributed by atoms with van der Waals surface area (Å²) in [7, 11) is -2.39. The van der Waals surface area contributed by atoms with Gasteiger partial charge in [0.05, 0.1) is 29.3 Å². The van der Waals surface area contributed by atoms with Gasteiger partial charge in [0.25, 0.3) is 10.0 Å². The van der Waals surface area contributed by atoms with Crippen molar-refractivity contribution in [3.63, 3.8) is 0 Å². The van der Waals surface area contributed by atoms with Gasteiger partial charge in [-0.2, -0.15) is 23.4 Å². The van der Waals surface area contributed by atoms with Crippen molar-refractivity contribution >= 4 is 42.5 Å². The van der Waals surface area contributed by atoms with Crippen molar-refractivity contribution in [2.24, 2.45) is 7.05 Å². The molecule has 4 aromatic rings. The molecule has 4 rings (SSSR count). The predicted molar refractivity (Wildman–Crippen MR) is 106 cm³/mol. The average molecular weight is 501 g/mol. The molecule has 3 aromatic heterocycles. The Kier molecular flexibility index (Phi) is 4.81. The van der Waals surface area contributed by atoms with Gasteiger partial charge in [-0.1, -0.05) is 6.07 Å². The van der Waals surface area contributed by atoms with E-state index in [0.717, 1.165) is 29.3 Å². The predicted octanol–water partition coefficient (Wildman–Crippen LogP) is 3.74. The highest BCUT2D eigenvalue weighted by molar-refractivity contribution is 9.10. The third-order valence-electron chi connectivity index (χ3n) is 4.23. The average Bonchev–Trinajstić information content (AvgIpc) is 3.28. The van der Waals surface area contributed by atoms with Gasteiger partial charge in [-0.15, -0.1) is 0 Å². The zero-order chi connectivity index (χ0) is 21.7. The highest BCUT2D eigenvalue weighted by atomic mass is 79.9. The molecule has 1 aromatic carbocycles. The van der Waals surface area contributed by atoms with Gasteiger partial charge in [0.2, 0.25) is 0 Å². The zero-order valence-corrected chi connectivity index (χ0v) is 17.5. The molecule has 0 aliphatic heterocycles. The number of rotatable bonds is 4. The van der Waals surface area contributed by atoms with E-state index >= 15 is 0 Å². The Labute approximate surface area is 176 Å². The molecule has 0 amide bonds. The van der Waals surface area contributed by atoms with Crippen LogP contribution in [0, 0.1) is 0 Å². The summed E-state index contributed by atoms with van der Waals surface area (Å²) in [4.78, 5) is 3.06. The molecule has 3 heterocycles. The fraction of sp³-hybridized carbons (Fsp3) is 0.118. The number of anilines is 1. The smallest absolute Gasteiger partial charge is 0.277 e. The first kappa shape index (κ1) is 20.3. The van der Waals surface area contributed by atoms with Crippen LogP contribution in [-0.2, 0) is 23.2 Å². The minimum Gasteiger partial charge on any atom is -0.277 e. The van der Waals surface area contributed by atoms with Gasteiger partial charge >= 0.3 is 6.18 Å². The van der Waals surface area contributed by atoms with Crippen LogP contribution in [-0.4, -0.2) is 33.0 Å². The third-order valence-corrected chi connectivity index (χ3v) is 6.14. The molecule has 0 spiro atoms. The van der Waals surface area contributed by atoms with E-state index in [1.165, 1.54) is 10.7 Å². The van der Waals surface area contributed by atoms with Crippen LogP contribution >= 0.6 is 15.9 Å². The van der Waals surface area contributed by atoms with Crippen molar-refractivity contribution in [2.75, 3.05) is 4.72 Å². The van der Waals surface area contributed by atoms with Crippen LogP contribution in [0.3, 0.4) is 0 Å². The first-order valence-corrected chi connectivity index (χ1v) is 10.6. The first-order valence-electron chi connectivity index (χ1n) is 8.28.